The third-order valence-electron chi connectivity index (χ3n) is 3.73. The largest absolute Gasteiger partial charge is 0.373 e. The van der Waals surface area contributed by atoms with Crippen LogP contribution in [-0.4, -0.2) is 36.5 Å². The molecular formula is C17H35NO2. The molecule has 1 rings (SSSR count). The Balaban J connectivity index is 2.43. The summed E-state index contributed by atoms with van der Waals surface area (Å²) in [6, 6.07) is 0. The van der Waals surface area contributed by atoms with E-state index < -0.39 is 0 Å². The van der Waals surface area contributed by atoms with E-state index in [1.54, 1.807) is 0 Å². The van der Waals surface area contributed by atoms with Crippen molar-refractivity contribution >= 4 is 0 Å². The summed E-state index contributed by atoms with van der Waals surface area (Å²) in [6.45, 7) is 15.2. The Morgan fingerprint density at radius 1 is 0.900 bits per heavy atom. The number of hydrogen-bond donors (Lipinski definition) is 1. The van der Waals surface area contributed by atoms with Crippen LogP contribution in [0.3, 0.4) is 0 Å². The minimum atomic E-state index is -0.0766. The average Bonchev–Trinajstić information content (AvgIpc) is 2.32. The molecule has 20 heavy (non-hydrogen) atoms. The standard InChI is InChI=1S/C17H35NO2/c1-15(2,3)18-14-17(10-8-7-9-11-17)20-13-12-19-16(4,5)6/h18H,7-14H2,1-6H3. The first-order valence-corrected chi connectivity index (χ1v) is 8.15. The van der Waals surface area contributed by atoms with Gasteiger partial charge < -0.3 is 14.8 Å². The summed E-state index contributed by atoms with van der Waals surface area (Å²) in [4.78, 5) is 0. The molecule has 0 bridgehead atoms. The van der Waals surface area contributed by atoms with Crippen molar-refractivity contribution in [3.63, 3.8) is 0 Å². The summed E-state index contributed by atoms with van der Waals surface area (Å²) in [5, 5.41) is 3.62. The molecule has 0 unspecified atom stereocenters. The lowest BCUT2D eigenvalue weighted by molar-refractivity contribution is -0.107. The molecule has 0 aromatic heterocycles. The molecule has 1 fully saturated rings. The molecule has 0 aromatic carbocycles. The van der Waals surface area contributed by atoms with Gasteiger partial charge in [0.05, 0.1) is 24.4 Å². The third-order valence-corrected chi connectivity index (χ3v) is 3.73. The highest BCUT2D eigenvalue weighted by Crippen LogP contribution is 2.31. The normalized spacial score (nSPS) is 20.1. The Hall–Kier alpha value is -0.120. The Morgan fingerprint density at radius 3 is 2.00 bits per heavy atom. The van der Waals surface area contributed by atoms with Crippen LogP contribution in [0.15, 0.2) is 0 Å². The highest BCUT2D eigenvalue weighted by Gasteiger charge is 2.33. The van der Waals surface area contributed by atoms with Gasteiger partial charge in [-0.2, -0.15) is 0 Å². The van der Waals surface area contributed by atoms with Crippen LogP contribution < -0.4 is 5.32 Å². The van der Waals surface area contributed by atoms with Gasteiger partial charge in [0.15, 0.2) is 0 Å². The van der Waals surface area contributed by atoms with Crippen LogP contribution in [0.4, 0.5) is 0 Å². The van der Waals surface area contributed by atoms with Gasteiger partial charge in [-0.25, -0.2) is 0 Å². The smallest absolute Gasteiger partial charge is 0.0807 e. The molecule has 0 aromatic rings. The molecule has 0 aliphatic heterocycles. The number of nitrogens with one attached hydrogen (secondary N) is 1. The lowest BCUT2D eigenvalue weighted by Crippen LogP contribution is -2.50. The summed E-state index contributed by atoms with van der Waals surface area (Å²) in [7, 11) is 0. The van der Waals surface area contributed by atoms with E-state index in [4.69, 9.17) is 9.47 Å². The van der Waals surface area contributed by atoms with Gasteiger partial charge in [-0.3, -0.25) is 0 Å². The molecule has 1 aliphatic carbocycles. The van der Waals surface area contributed by atoms with Crippen molar-refractivity contribution in [2.45, 2.75) is 90.4 Å². The quantitative estimate of drug-likeness (QED) is 0.751. The molecule has 0 radical (unpaired) electrons. The molecule has 1 N–H and O–H groups in total. The van der Waals surface area contributed by atoms with E-state index in [1.807, 2.05) is 0 Å². The zero-order chi connectivity index (χ0) is 15.3. The zero-order valence-electron chi connectivity index (χ0n) is 14.5. The fraction of sp³-hybridized carbons (Fsp3) is 1.00. The third kappa shape index (κ3) is 7.61. The Bertz CT molecular complexity index is 270. The monoisotopic (exact) mass is 285 g/mol. The van der Waals surface area contributed by atoms with E-state index >= 15 is 0 Å². The average molecular weight is 285 g/mol. The lowest BCUT2D eigenvalue weighted by Gasteiger charge is -2.39. The van der Waals surface area contributed by atoms with Crippen LogP contribution in [-0.2, 0) is 9.47 Å². The number of ether oxygens (including phenoxy) is 2. The summed E-state index contributed by atoms with van der Waals surface area (Å²) < 4.78 is 12.0. The molecule has 0 heterocycles. The molecule has 0 spiro atoms. The molecular weight excluding hydrogens is 250 g/mol. The summed E-state index contributed by atoms with van der Waals surface area (Å²) in [5.74, 6) is 0. The van der Waals surface area contributed by atoms with E-state index in [0.29, 0.717) is 13.2 Å². The van der Waals surface area contributed by atoms with Gasteiger partial charge in [0.25, 0.3) is 0 Å². The summed E-state index contributed by atoms with van der Waals surface area (Å²) >= 11 is 0. The van der Waals surface area contributed by atoms with E-state index in [0.717, 1.165) is 6.54 Å². The van der Waals surface area contributed by atoms with Gasteiger partial charge in [-0.05, 0) is 54.4 Å². The second-order valence-corrected chi connectivity index (χ2v) is 8.16. The zero-order valence-corrected chi connectivity index (χ0v) is 14.5. The molecule has 3 nitrogen and oxygen atoms in total. The molecule has 1 saturated carbocycles. The van der Waals surface area contributed by atoms with Crippen LogP contribution in [0.2, 0.25) is 0 Å². The van der Waals surface area contributed by atoms with Gasteiger partial charge in [-0.15, -0.1) is 0 Å². The van der Waals surface area contributed by atoms with Gasteiger partial charge in [0, 0.05) is 12.1 Å². The van der Waals surface area contributed by atoms with Gasteiger partial charge >= 0.3 is 0 Å². The lowest BCUT2D eigenvalue weighted by atomic mass is 9.84. The van der Waals surface area contributed by atoms with Crippen LogP contribution in [0.25, 0.3) is 0 Å². The maximum atomic E-state index is 6.27. The van der Waals surface area contributed by atoms with Gasteiger partial charge in [-0.1, -0.05) is 19.3 Å². The van der Waals surface area contributed by atoms with Gasteiger partial charge in [0.1, 0.15) is 0 Å². The second kappa shape index (κ2) is 7.24. The first-order chi connectivity index (χ1) is 9.12. The minimum absolute atomic E-state index is 0.0206. The topological polar surface area (TPSA) is 30.5 Å². The minimum Gasteiger partial charge on any atom is -0.373 e. The molecule has 120 valence electrons. The second-order valence-electron chi connectivity index (χ2n) is 8.16. The predicted octanol–water partition coefficient (Wildman–Crippen LogP) is 3.91. The maximum Gasteiger partial charge on any atom is 0.0807 e. The van der Waals surface area contributed by atoms with E-state index in [2.05, 4.69) is 46.9 Å². The first-order valence-electron chi connectivity index (χ1n) is 8.15. The maximum absolute atomic E-state index is 6.27. The molecule has 0 saturated heterocycles. The van der Waals surface area contributed by atoms with E-state index in [9.17, 15) is 0 Å². The fourth-order valence-electron chi connectivity index (χ4n) is 2.60. The Morgan fingerprint density at radius 2 is 1.50 bits per heavy atom. The summed E-state index contributed by atoms with van der Waals surface area (Å²) in [5.41, 5.74) is 0.0925. The van der Waals surface area contributed by atoms with Crippen LogP contribution in [0.1, 0.15) is 73.6 Å². The fourth-order valence-corrected chi connectivity index (χ4v) is 2.60. The molecule has 0 amide bonds. The Kier molecular flexibility index (Phi) is 6.49. The first kappa shape index (κ1) is 17.9. The van der Waals surface area contributed by atoms with Crippen LogP contribution >= 0.6 is 0 Å². The van der Waals surface area contributed by atoms with E-state index in [1.165, 1.54) is 32.1 Å². The van der Waals surface area contributed by atoms with Crippen LogP contribution in [0.5, 0.6) is 0 Å². The van der Waals surface area contributed by atoms with Crippen molar-refractivity contribution < 1.29 is 9.47 Å². The molecule has 0 atom stereocenters. The molecule has 1 aliphatic rings. The van der Waals surface area contributed by atoms with E-state index in [-0.39, 0.29) is 16.7 Å². The predicted molar refractivity (Wildman–Crippen MR) is 85.2 cm³/mol. The van der Waals surface area contributed by atoms with Crippen LogP contribution in [0, 0.1) is 0 Å². The van der Waals surface area contributed by atoms with Crippen molar-refractivity contribution in [3.05, 3.63) is 0 Å². The highest BCUT2D eigenvalue weighted by atomic mass is 16.5. The summed E-state index contributed by atoms with van der Waals surface area (Å²) in [6.07, 6.45) is 6.26. The highest BCUT2D eigenvalue weighted by molar-refractivity contribution is 4.89. The van der Waals surface area contributed by atoms with Crippen molar-refractivity contribution in [1.29, 1.82) is 0 Å². The Labute approximate surface area is 125 Å². The molecule has 3 heteroatoms. The van der Waals surface area contributed by atoms with Gasteiger partial charge in [0.2, 0.25) is 0 Å². The van der Waals surface area contributed by atoms with Crippen molar-refractivity contribution in [3.8, 4) is 0 Å². The number of hydrogen-bond acceptors (Lipinski definition) is 3. The van der Waals surface area contributed by atoms with Crippen molar-refractivity contribution in [1.82, 2.24) is 5.32 Å². The van der Waals surface area contributed by atoms with Crippen molar-refractivity contribution in [2.24, 2.45) is 0 Å². The SMILES string of the molecule is CC(C)(C)NCC1(OCCOC(C)(C)C)CCCCC1. The number of rotatable bonds is 6. The van der Waals surface area contributed by atoms with Crippen molar-refractivity contribution in [2.75, 3.05) is 19.8 Å².